The molecule has 2 nitrogen and oxygen atoms in total. The highest BCUT2D eigenvalue weighted by Gasteiger charge is 2.36. The fourth-order valence-corrected chi connectivity index (χ4v) is 3.39. The molecule has 0 amide bonds. The Morgan fingerprint density at radius 3 is 2.07 bits per heavy atom. The second kappa shape index (κ2) is 3.82. The first kappa shape index (κ1) is 9.17. The normalized spacial score (nSPS) is 40.3. The maximum atomic E-state index is 5.88. The van der Waals surface area contributed by atoms with Crippen LogP contribution in [-0.2, 0) is 4.74 Å². The van der Waals surface area contributed by atoms with Gasteiger partial charge in [0.15, 0.2) is 0 Å². The van der Waals surface area contributed by atoms with Crippen molar-refractivity contribution in [1.29, 1.82) is 0 Å². The number of likely N-dealkylation sites (tertiary alicyclic amines) is 1. The van der Waals surface area contributed by atoms with Crippen LogP contribution in [0.3, 0.4) is 0 Å². The van der Waals surface area contributed by atoms with Gasteiger partial charge in [-0.15, -0.1) is 0 Å². The van der Waals surface area contributed by atoms with Crippen molar-refractivity contribution in [3.05, 3.63) is 0 Å². The van der Waals surface area contributed by atoms with Crippen molar-refractivity contribution in [3.8, 4) is 0 Å². The molecule has 3 rings (SSSR count). The van der Waals surface area contributed by atoms with Crippen molar-refractivity contribution in [2.45, 2.75) is 63.2 Å². The summed E-state index contributed by atoms with van der Waals surface area (Å²) in [5.74, 6) is 0. The lowest BCUT2D eigenvalue weighted by Gasteiger charge is -2.39. The molecule has 2 aliphatic heterocycles. The molecule has 2 bridgehead atoms. The molecule has 80 valence electrons. The van der Waals surface area contributed by atoms with E-state index in [1.807, 2.05) is 0 Å². The average Bonchev–Trinajstić information content (AvgIpc) is 2.59. The van der Waals surface area contributed by atoms with E-state index in [1.165, 1.54) is 58.0 Å². The number of nitrogens with zero attached hydrogens (tertiary/aromatic N) is 1. The summed E-state index contributed by atoms with van der Waals surface area (Å²) in [6.45, 7) is 2.45. The summed E-state index contributed by atoms with van der Waals surface area (Å²) in [6, 6.07) is 0.899. The number of hydrogen-bond donors (Lipinski definition) is 0. The Bertz CT molecular complexity index is 188. The van der Waals surface area contributed by atoms with Crippen molar-refractivity contribution in [1.82, 2.24) is 4.90 Å². The molecule has 0 aromatic rings. The van der Waals surface area contributed by atoms with Crippen LogP contribution in [0.15, 0.2) is 0 Å². The van der Waals surface area contributed by atoms with Gasteiger partial charge in [-0.05, 0) is 25.7 Å². The van der Waals surface area contributed by atoms with Gasteiger partial charge in [-0.3, -0.25) is 4.90 Å². The molecule has 1 aliphatic carbocycles. The second-order valence-electron chi connectivity index (χ2n) is 5.20. The molecule has 0 N–H and O–H groups in total. The van der Waals surface area contributed by atoms with Crippen LogP contribution in [-0.4, -0.2) is 36.2 Å². The van der Waals surface area contributed by atoms with E-state index in [4.69, 9.17) is 4.74 Å². The Labute approximate surface area is 86.6 Å². The number of fused-ring (bicyclic) bond motifs is 2. The summed E-state index contributed by atoms with van der Waals surface area (Å²) in [5, 5.41) is 0. The SMILES string of the molecule is C1CCC(N2CC3CCC(C2)O3)CC1. The van der Waals surface area contributed by atoms with Crippen LogP contribution in [0.25, 0.3) is 0 Å². The predicted molar refractivity (Wildman–Crippen MR) is 56.3 cm³/mol. The Balaban J connectivity index is 1.61. The van der Waals surface area contributed by atoms with E-state index in [0.29, 0.717) is 12.2 Å². The van der Waals surface area contributed by atoms with Gasteiger partial charge in [0.05, 0.1) is 12.2 Å². The highest BCUT2D eigenvalue weighted by atomic mass is 16.5. The molecule has 0 aromatic heterocycles. The highest BCUT2D eigenvalue weighted by molar-refractivity contribution is 4.88. The van der Waals surface area contributed by atoms with Crippen molar-refractivity contribution >= 4 is 0 Å². The molecule has 0 spiro atoms. The van der Waals surface area contributed by atoms with Crippen molar-refractivity contribution in [3.63, 3.8) is 0 Å². The van der Waals surface area contributed by atoms with Crippen LogP contribution >= 0.6 is 0 Å². The van der Waals surface area contributed by atoms with Gasteiger partial charge in [0.25, 0.3) is 0 Å². The van der Waals surface area contributed by atoms with E-state index in [2.05, 4.69) is 4.90 Å². The summed E-state index contributed by atoms with van der Waals surface area (Å²) >= 11 is 0. The van der Waals surface area contributed by atoms with E-state index in [0.717, 1.165) is 6.04 Å². The number of hydrogen-bond acceptors (Lipinski definition) is 2. The van der Waals surface area contributed by atoms with Gasteiger partial charge >= 0.3 is 0 Å². The lowest BCUT2D eigenvalue weighted by molar-refractivity contribution is -0.0572. The molecular formula is C12H21NO. The smallest absolute Gasteiger partial charge is 0.0707 e. The first-order valence-electron chi connectivity index (χ1n) is 6.31. The van der Waals surface area contributed by atoms with Gasteiger partial charge in [-0.25, -0.2) is 0 Å². The number of rotatable bonds is 1. The average molecular weight is 195 g/mol. The monoisotopic (exact) mass is 195 g/mol. The van der Waals surface area contributed by atoms with Crippen molar-refractivity contribution in [2.75, 3.05) is 13.1 Å². The van der Waals surface area contributed by atoms with E-state index >= 15 is 0 Å². The quantitative estimate of drug-likeness (QED) is 0.636. The molecule has 2 saturated heterocycles. The van der Waals surface area contributed by atoms with E-state index < -0.39 is 0 Å². The van der Waals surface area contributed by atoms with Crippen LogP contribution in [0.5, 0.6) is 0 Å². The Kier molecular flexibility index (Phi) is 2.50. The molecule has 3 aliphatic rings. The Morgan fingerprint density at radius 2 is 1.43 bits per heavy atom. The van der Waals surface area contributed by atoms with Gasteiger partial charge in [-0.2, -0.15) is 0 Å². The van der Waals surface area contributed by atoms with Crippen LogP contribution in [0, 0.1) is 0 Å². The third-order valence-electron chi connectivity index (χ3n) is 4.16. The second-order valence-corrected chi connectivity index (χ2v) is 5.20. The van der Waals surface area contributed by atoms with E-state index in [1.54, 1.807) is 0 Å². The molecule has 0 aromatic carbocycles. The predicted octanol–water partition coefficient (Wildman–Crippen LogP) is 2.18. The fraction of sp³-hybridized carbons (Fsp3) is 1.00. The van der Waals surface area contributed by atoms with E-state index in [9.17, 15) is 0 Å². The molecule has 1 saturated carbocycles. The Morgan fingerprint density at radius 1 is 0.786 bits per heavy atom. The van der Waals surface area contributed by atoms with Gasteiger partial charge in [0.2, 0.25) is 0 Å². The largest absolute Gasteiger partial charge is 0.372 e. The van der Waals surface area contributed by atoms with Crippen molar-refractivity contribution in [2.24, 2.45) is 0 Å². The minimum atomic E-state index is 0.579. The molecule has 2 atom stereocenters. The first-order valence-corrected chi connectivity index (χ1v) is 6.31. The van der Waals surface area contributed by atoms with Crippen molar-refractivity contribution < 1.29 is 4.74 Å². The maximum Gasteiger partial charge on any atom is 0.0707 e. The van der Waals surface area contributed by atoms with Gasteiger partial charge < -0.3 is 4.74 Å². The zero-order valence-corrected chi connectivity index (χ0v) is 8.95. The molecule has 2 heteroatoms. The lowest BCUT2D eigenvalue weighted by Crippen LogP contribution is -2.48. The molecule has 2 unspecified atom stereocenters. The summed E-state index contributed by atoms with van der Waals surface area (Å²) in [7, 11) is 0. The van der Waals surface area contributed by atoms with Crippen LogP contribution in [0.4, 0.5) is 0 Å². The molecule has 2 heterocycles. The van der Waals surface area contributed by atoms with Crippen LogP contribution < -0.4 is 0 Å². The zero-order valence-electron chi connectivity index (χ0n) is 8.95. The molecule has 14 heavy (non-hydrogen) atoms. The summed E-state index contributed by atoms with van der Waals surface area (Å²) < 4.78 is 5.88. The van der Waals surface area contributed by atoms with E-state index in [-0.39, 0.29) is 0 Å². The molecule has 0 radical (unpaired) electrons. The third-order valence-corrected chi connectivity index (χ3v) is 4.16. The highest BCUT2D eigenvalue weighted by Crippen LogP contribution is 2.31. The van der Waals surface area contributed by atoms with Gasteiger partial charge in [-0.1, -0.05) is 19.3 Å². The minimum absolute atomic E-state index is 0.579. The fourth-order valence-electron chi connectivity index (χ4n) is 3.39. The lowest BCUT2D eigenvalue weighted by atomic mass is 9.93. The molecular weight excluding hydrogens is 174 g/mol. The zero-order chi connectivity index (χ0) is 9.38. The summed E-state index contributed by atoms with van der Waals surface area (Å²) in [5.41, 5.74) is 0. The maximum absolute atomic E-state index is 5.88. The third kappa shape index (κ3) is 1.70. The van der Waals surface area contributed by atoms with Gasteiger partial charge in [0, 0.05) is 19.1 Å². The standard InChI is InChI=1S/C12H21NO/c1-2-4-10(5-3-1)13-8-11-6-7-12(9-13)14-11/h10-12H,1-9H2. The summed E-state index contributed by atoms with van der Waals surface area (Å²) in [4.78, 5) is 2.73. The van der Waals surface area contributed by atoms with Gasteiger partial charge in [0.1, 0.15) is 0 Å². The number of ether oxygens (including phenoxy) is 1. The van der Waals surface area contributed by atoms with Crippen LogP contribution in [0.2, 0.25) is 0 Å². The minimum Gasteiger partial charge on any atom is -0.372 e. The topological polar surface area (TPSA) is 12.5 Å². The van der Waals surface area contributed by atoms with Crippen LogP contribution in [0.1, 0.15) is 44.9 Å². The first-order chi connectivity index (χ1) is 6.92. The number of morpholine rings is 1. The molecule has 3 fully saturated rings. The summed E-state index contributed by atoms with van der Waals surface area (Å²) in [6.07, 6.45) is 11.1. The Hall–Kier alpha value is -0.0800.